The molecule has 2 heterocycles. The zero-order valence-corrected chi connectivity index (χ0v) is 15.6. The zero-order chi connectivity index (χ0) is 19.3. The van der Waals surface area contributed by atoms with Crippen LogP contribution >= 0.6 is 11.3 Å². The van der Waals surface area contributed by atoms with Crippen molar-refractivity contribution in [2.24, 2.45) is 0 Å². The number of hydrogen-bond donors (Lipinski definition) is 1. The van der Waals surface area contributed by atoms with Crippen LogP contribution in [0.1, 0.15) is 16.1 Å². The number of carbonyl (C=O) groups excluding carboxylic acids is 2. The first-order chi connectivity index (χ1) is 13.7. The molecule has 28 heavy (non-hydrogen) atoms. The molecule has 2 aromatic carbocycles. The van der Waals surface area contributed by atoms with Crippen molar-refractivity contribution in [3.05, 3.63) is 77.5 Å². The van der Waals surface area contributed by atoms with E-state index in [4.69, 9.17) is 9.15 Å². The molecule has 0 bridgehead atoms. The predicted octanol–water partition coefficient (Wildman–Crippen LogP) is 4.03. The number of carbonyl (C=O) groups is 2. The van der Waals surface area contributed by atoms with Crippen LogP contribution in [0.2, 0.25) is 0 Å². The average Bonchev–Trinajstić information content (AvgIpc) is 3.41. The molecule has 6 nitrogen and oxygen atoms in total. The van der Waals surface area contributed by atoms with Crippen molar-refractivity contribution < 1.29 is 18.7 Å². The van der Waals surface area contributed by atoms with Crippen LogP contribution in [0.4, 0.5) is 0 Å². The minimum Gasteiger partial charge on any atom is -0.458 e. The summed E-state index contributed by atoms with van der Waals surface area (Å²) in [6.45, 7) is -0.235. The van der Waals surface area contributed by atoms with Gasteiger partial charge in [-0.3, -0.25) is 9.59 Å². The van der Waals surface area contributed by atoms with Crippen LogP contribution in [0.15, 0.2) is 70.7 Å². The largest absolute Gasteiger partial charge is 0.458 e. The van der Waals surface area contributed by atoms with Gasteiger partial charge in [-0.25, -0.2) is 4.98 Å². The number of fused-ring (bicyclic) bond motifs is 1. The summed E-state index contributed by atoms with van der Waals surface area (Å²) in [6, 6.07) is 17.0. The number of ether oxygens (including phenoxy) is 1. The smallest absolute Gasteiger partial charge is 0.325 e. The molecular weight excluding hydrogens is 376 g/mol. The van der Waals surface area contributed by atoms with E-state index in [1.165, 1.54) is 17.6 Å². The predicted molar refractivity (Wildman–Crippen MR) is 106 cm³/mol. The lowest BCUT2D eigenvalue weighted by Gasteiger charge is -2.06. The first-order valence-electron chi connectivity index (χ1n) is 8.60. The Kier molecular flexibility index (Phi) is 5.16. The Balaban J connectivity index is 1.28. The van der Waals surface area contributed by atoms with E-state index < -0.39 is 5.97 Å². The first-order valence-corrected chi connectivity index (χ1v) is 9.48. The van der Waals surface area contributed by atoms with Crippen molar-refractivity contribution in [3.8, 4) is 10.8 Å². The molecule has 140 valence electrons. The zero-order valence-electron chi connectivity index (χ0n) is 14.8. The van der Waals surface area contributed by atoms with E-state index in [0.717, 1.165) is 15.6 Å². The van der Waals surface area contributed by atoms with Crippen LogP contribution in [-0.4, -0.2) is 23.4 Å². The maximum atomic E-state index is 12.3. The van der Waals surface area contributed by atoms with Gasteiger partial charge < -0.3 is 14.5 Å². The molecular formula is C21H16N2O4S. The summed E-state index contributed by atoms with van der Waals surface area (Å²) in [6.07, 6.45) is 1.45. The van der Waals surface area contributed by atoms with Crippen molar-refractivity contribution in [1.82, 2.24) is 10.3 Å². The van der Waals surface area contributed by atoms with Gasteiger partial charge in [-0.15, -0.1) is 11.3 Å². The second kappa shape index (κ2) is 8.06. The quantitative estimate of drug-likeness (QED) is 0.501. The van der Waals surface area contributed by atoms with Gasteiger partial charge in [0.25, 0.3) is 5.91 Å². The third kappa shape index (κ3) is 4.10. The van der Waals surface area contributed by atoms with Crippen molar-refractivity contribution in [3.63, 3.8) is 0 Å². The molecule has 4 rings (SSSR count). The number of amides is 1. The van der Waals surface area contributed by atoms with Gasteiger partial charge in [0.05, 0.1) is 4.88 Å². The molecule has 0 aliphatic heterocycles. The summed E-state index contributed by atoms with van der Waals surface area (Å²) < 4.78 is 10.5. The van der Waals surface area contributed by atoms with Crippen molar-refractivity contribution >= 4 is 34.0 Å². The van der Waals surface area contributed by atoms with Gasteiger partial charge in [0.1, 0.15) is 25.1 Å². The minimum absolute atomic E-state index is 0.0143. The lowest BCUT2D eigenvalue weighted by atomic mass is 10.1. The van der Waals surface area contributed by atoms with Crippen LogP contribution in [0, 0.1) is 0 Å². The van der Waals surface area contributed by atoms with Gasteiger partial charge in [-0.2, -0.15) is 0 Å². The van der Waals surface area contributed by atoms with Gasteiger partial charge in [0.2, 0.25) is 5.89 Å². The van der Waals surface area contributed by atoms with Crippen LogP contribution in [0.25, 0.3) is 21.5 Å². The fourth-order valence-electron chi connectivity index (χ4n) is 2.68. The van der Waals surface area contributed by atoms with Crippen molar-refractivity contribution in [2.75, 3.05) is 6.54 Å². The number of rotatable bonds is 6. The highest BCUT2D eigenvalue weighted by Crippen LogP contribution is 2.23. The van der Waals surface area contributed by atoms with E-state index in [0.29, 0.717) is 17.1 Å². The van der Waals surface area contributed by atoms with E-state index in [-0.39, 0.29) is 19.1 Å². The summed E-state index contributed by atoms with van der Waals surface area (Å²) in [5.41, 5.74) is 1.00. The second-order valence-corrected chi connectivity index (χ2v) is 6.97. The van der Waals surface area contributed by atoms with E-state index >= 15 is 0 Å². The molecule has 0 aliphatic carbocycles. The molecule has 4 aromatic rings. The normalized spacial score (nSPS) is 10.7. The van der Waals surface area contributed by atoms with Gasteiger partial charge in [0, 0.05) is 5.56 Å². The number of esters is 1. The highest BCUT2D eigenvalue weighted by atomic mass is 32.1. The van der Waals surface area contributed by atoms with E-state index in [1.807, 2.05) is 47.8 Å². The maximum absolute atomic E-state index is 12.3. The Morgan fingerprint density at radius 1 is 1.07 bits per heavy atom. The molecule has 0 aliphatic rings. The van der Waals surface area contributed by atoms with Crippen LogP contribution in [0.3, 0.4) is 0 Å². The minimum atomic E-state index is -0.546. The van der Waals surface area contributed by atoms with E-state index in [9.17, 15) is 9.59 Å². The SMILES string of the molecule is O=C(CNC(=O)c1ccc2ccccc2c1)OCc1coc(-c2cccs2)n1. The number of thiophene rings is 1. The summed E-state index contributed by atoms with van der Waals surface area (Å²) in [5, 5.41) is 6.51. The molecule has 0 spiro atoms. The molecule has 2 aromatic heterocycles. The molecule has 7 heteroatoms. The fourth-order valence-corrected chi connectivity index (χ4v) is 3.33. The average molecular weight is 392 g/mol. The first kappa shape index (κ1) is 17.9. The molecule has 0 radical (unpaired) electrons. The second-order valence-electron chi connectivity index (χ2n) is 6.03. The van der Waals surface area contributed by atoms with Crippen LogP contribution in [-0.2, 0) is 16.1 Å². The third-order valence-corrected chi connectivity index (χ3v) is 4.93. The van der Waals surface area contributed by atoms with E-state index in [2.05, 4.69) is 10.3 Å². The monoisotopic (exact) mass is 392 g/mol. The number of aromatic nitrogens is 1. The molecule has 0 unspecified atom stereocenters. The molecule has 0 saturated carbocycles. The summed E-state index contributed by atoms with van der Waals surface area (Å²) in [4.78, 5) is 29.3. The van der Waals surface area contributed by atoms with E-state index in [1.54, 1.807) is 12.1 Å². The molecule has 0 saturated heterocycles. The maximum Gasteiger partial charge on any atom is 0.325 e. The number of nitrogens with one attached hydrogen (secondary N) is 1. The summed E-state index contributed by atoms with van der Waals surface area (Å²) >= 11 is 1.51. The van der Waals surface area contributed by atoms with Gasteiger partial charge in [-0.1, -0.05) is 36.4 Å². The van der Waals surface area contributed by atoms with Crippen molar-refractivity contribution in [1.29, 1.82) is 0 Å². The molecule has 1 amide bonds. The topological polar surface area (TPSA) is 81.4 Å². The Morgan fingerprint density at radius 3 is 2.75 bits per heavy atom. The lowest BCUT2D eigenvalue weighted by Crippen LogP contribution is -2.30. The molecule has 0 fully saturated rings. The molecule has 0 atom stereocenters. The van der Waals surface area contributed by atoms with Crippen LogP contribution in [0.5, 0.6) is 0 Å². The Bertz CT molecular complexity index is 1120. The summed E-state index contributed by atoms with van der Waals surface area (Å²) in [5.74, 6) is -0.385. The number of benzene rings is 2. The Hall–Kier alpha value is -3.45. The number of hydrogen-bond acceptors (Lipinski definition) is 6. The van der Waals surface area contributed by atoms with Crippen molar-refractivity contribution in [2.45, 2.75) is 6.61 Å². The third-order valence-electron chi connectivity index (χ3n) is 4.07. The van der Waals surface area contributed by atoms with Gasteiger partial charge in [0.15, 0.2) is 0 Å². The van der Waals surface area contributed by atoms with Crippen LogP contribution < -0.4 is 5.32 Å². The fraction of sp³-hybridized carbons (Fsp3) is 0.0952. The highest BCUT2D eigenvalue weighted by molar-refractivity contribution is 7.13. The summed E-state index contributed by atoms with van der Waals surface area (Å²) in [7, 11) is 0. The standard InChI is InChI=1S/C21H16N2O4S/c24-19(26-12-17-13-27-21(23-17)18-6-3-9-28-18)11-22-20(25)16-8-7-14-4-1-2-5-15(14)10-16/h1-10,13H,11-12H2,(H,22,25). The highest BCUT2D eigenvalue weighted by Gasteiger charge is 2.12. The molecule has 1 N–H and O–H groups in total. The number of nitrogens with zero attached hydrogens (tertiary/aromatic N) is 1. The Labute approximate surface area is 164 Å². The van der Waals surface area contributed by atoms with Gasteiger partial charge >= 0.3 is 5.97 Å². The Morgan fingerprint density at radius 2 is 1.93 bits per heavy atom. The lowest BCUT2D eigenvalue weighted by molar-refractivity contribution is -0.143. The van der Waals surface area contributed by atoms with Gasteiger partial charge in [-0.05, 0) is 34.4 Å². The number of oxazole rings is 1.